The Morgan fingerprint density at radius 3 is 2.75 bits per heavy atom. The number of rotatable bonds is 4. The van der Waals surface area contributed by atoms with Crippen molar-refractivity contribution < 1.29 is 37.0 Å². The van der Waals surface area contributed by atoms with Crippen molar-refractivity contribution in [2.24, 2.45) is 23.7 Å². The number of esters is 2. The van der Waals surface area contributed by atoms with E-state index < -0.39 is 48.0 Å². The van der Waals surface area contributed by atoms with Crippen LogP contribution >= 0.6 is 11.6 Å². The van der Waals surface area contributed by atoms with Crippen LogP contribution in [-0.4, -0.2) is 30.6 Å². The number of benzene rings is 1. The molecule has 5 unspecified atom stereocenters. The number of carbonyl (C=O) groups is 3. The van der Waals surface area contributed by atoms with Crippen LogP contribution in [0.5, 0.6) is 0 Å². The fraction of sp³-hybridized carbons (Fsp3) is 0.500. The fourth-order valence-electron chi connectivity index (χ4n) is 4.54. The van der Waals surface area contributed by atoms with E-state index in [2.05, 4.69) is 5.32 Å². The van der Waals surface area contributed by atoms with Gasteiger partial charge in [0.25, 0.3) is 5.91 Å². The van der Waals surface area contributed by atoms with Gasteiger partial charge in [0.05, 0.1) is 28.1 Å². The Balaban J connectivity index is 1.37. The average Bonchev–Trinajstić information content (AvgIpc) is 3.22. The summed E-state index contributed by atoms with van der Waals surface area (Å²) in [6, 6.07) is 2.51. The molecule has 3 fully saturated rings. The van der Waals surface area contributed by atoms with E-state index in [4.69, 9.17) is 21.1 Å². The van der Waals surface area contributed by atoms with Crippen LogP contribution < -0.4 is 5.32 Å². The summed E-state index contributed by atoms with van der Waals surface area (Å²) in [6.45, 7) is -0.690. The van der Waals surface area contributed by atoms with Gasteiger partial charge in [0, 0.05) is 5.92 Å². The third-order valence-corrected chi connectivity index (χ3v) is 6.00. The summed E-state index contributed by atoms with van der Waals surface area (Å²) in [5.41, 5.74) is -1.21. The monoisotopic (exact) mass is 417 g/mol. The maximum Gasteiger partial charge on any atom is 0.416 e. The molecule has 4 rings (SSSR count). The van der Waals surface area contributed by atoms with Crippen molar-refractivity contribution in [3.8, 4) is 0 Å². The molecule has 0 radical (unpaired) electrons. The van der Waals surface area contributed by atoms with Gasteiger partial charge in [0.15, 0.2) is 6.61 Å². The van der Waals surface area contributed by atoms with Gasteiger partial charge in [0.1, 0.15) is 6.10 Å². The first-order chi connectivity index (χ1) is 13.1. The van der Waals surface area contributed by atoms with Crippen molar-refractivity contribution in [2.75, 3.05) is 11.9 Å². The Morgan fingerprint density at radius 2 is 2.04 bits per heavy atom. The minimum absolute atomic E-state index is 0.0140. The molecular formula is C18H15ClF3NO5. The Hall–Kier alpha value is -2.29. The summed E-state index contributed by atoms with van der Waals surface area (Å²) in [7, 11) is 0. The van der Waals surface area contributed by atoms with Gasteiger partial charge in [-0.2, -0.15) is 13.2 Å². The molecule has 1 heterocycles. The first-order valence-electron chi connectivity index (χ1n) is 8.69. The molecule has 1 aromatic carbocycles. The first-order valence-corrected chi connectivity index (χ1v) is 9.06. The Morgan fingerprint density at radius 1 is 1.29 bits per heavy atom. The molecule has 1 aliphatic heterocycles. The van der Waals surface area contributed by atoms with Gasteiger partial charge in [-0.15, -0.1) is 0 Å². The second-order valence-corrected chi connectivity index (χ2v) is 7.68. The van der Waals surface area contributed by atoms with Crippen molar-refractivity contribution in [1.29, 1.82) is 0 Å². The van der Waals surface area contributed by atoms with Gasteiger partial charge in [-0.1, -0.05) is 11.6 Å². The second kappa shape index (κ2) is 6.65. The zero-order valence-electron chi connectivity index (χ0n) is 14.3. The zero-order chi connectivity index (χ0) is 20.2. The zero-order valence-corrected chi connectivity index (χ0v) is 15.0. The van der Waals surface area contributed by atoms with E-state index in [1.54, 1.807) is 0 Å². The molecule has 1 N–H and O–H groups in total. The normalized spacial score (nSPS) is 30.3. The number of fused-ring (bicyclic) bond motifs is 1. The summed E-state index contributed by atoms with van der Waals surface area (Å²) in [6.07, 6.45) is -3.39. The highest BCUT2D eigenvalue weighted by Gasteiger charge is 2.64. The van der Waals surface area contributed by atoms with Crippen LogP contribution in [0.2, 0.25) is 5.02 Å². The van der Waals surface area contributed by atoms with Gasteiger partial charge in [-0.05, 0) is 37.0 Å². The molecule has 5 atom stereocenters. The lowest BCUT2D eigenvalue weighted by Gasteiger charge is -2.22. The van der Waals surface area contributed by atoms with Gasteiger partial charge in [-0.25, -0.2) is 0 Å². The van der Waals surface area contributed by atoms with E-state index in [0.717, 1.165) is 12.1 Å². The van der Waals surface area contributed by atoms with E-state index in [1.165, 1.54) is 0 Å². The summed E-state index contributed by atoms with van der Waals surface area (Å²) in [5.74, 6) is -3.06. The van der Waals surface area contributed by atoms with Crippen molar-refractivity contribution in [3.63, 3.8) is 0 Å². The molecule has 2 bridgehead atoms. The quantitative estimate of drug-likeness (QED) is 0.761. The van der Waals surface area contributed by atoms with Gasteiger partial charge in [-0.3, -0.25) is 14.4 Å². The first kappa shape index (κ1) is 19.0. The van der Waals surface area contributed by atoms with Crippen molar-refractivity contribution in [3.05, 3.63) is 28.8 Å². The summed E-state index contributed by atoms with van der Waals surface area (Å²) in [5, 5.41) is 2.12. The molecule has 150 valence electrons. The summed E-state index contributed by atoms with van der Waals surface area (Å²) in [4.78, 5) is 36.3. The minimum atomic E-state index is -4.59. The van der Waals surface area contributed by atoms with Crippen molar-refractivity contribution >= 4 is 35.1 Å². The van der Waals surface area contributed by atoms with Crippen LogP contribution in [0.25, 0.3) is 0 Å². The molecule has 1 saturated heterocycles. The van der Waals surface area contributed by atoms with E-state index in [0.29, 0.717) is 18.9 Å². The van der Waals surface area contributed by atoms with Crippen LogP contribution in [0.4, 0.5) is 18.9 Å². The molecule has 3 aliphatic rings. The number of ether oxygens (including phenoxy) is 2. The van der Waals surface area contributed by atoms with Crippen LogP contribution in [-0.2, 0) is 30.0 Å². The SMILES string of the molecule is O=C(COC(=O)C1C2CC3OC(=O)C1C3C2)Nc1cc(C(F)(F)F)ccc1Cl. The molecule has 0 aromatic heterocycles. The van der Waals surface area contributed by atoms with E-state index >= 15 is 0 Å². The van der Waals surface area contributed by atoms with Gasteiger partial charge in [0.2, 0.25) is 0 Å². The average molecular weight is 418 g/mol. The number of amides is 1. The lowest BCUT2D eigenvalue weighted by molar-refractivity contribution is -0.157. The van der Waals surface area contributed by atoms with Crippen LogP contribution in [0, 0.1) is 23.7 Å². The highest BCUT2D eigenvalue weighted by atomic mass is 35.5. The van der Waals surface area contributed by atoms with E-state index in [-0.39, 0.29) is 28.6 Å². The number of anilines is 1. The van der Waals surface area contributed by atoms with E-state index in [9.17, 15) is 27.6 Å². The smallest absolute Gasteiger partial charge is 0.416 e. The van der Waals surface area contributed by atoms with Crippen molar-refractivity contribution in [1.82, 2.24) is 0 Å². The lowest BCUT2D eigenvalue weighted by atomic mass is 9.80. The third kappa shape index (κ3) is 3.21. The van der Waals surface area contributed by atoms with Crippen LogP contribution in [0.1, 0.15) is 18.4 Å². The largest absolute Gasteiger partial charge is 0.462 e. The molecule has 0 spiro atoms. The van der Waals surface area contributed by atoms with Crippen molar-refractivity contribution in [2.45, 2.75) is 25.1 Å². The Kier molecular flexibility index (Phi) is 4.52. The van der Waals surface area contributed by atoms with Gasteiger partial charge >= 0.3 is 18.1 Å². The number of hydrogen-bond acceptors (Lipinski definition) is 5. The molecule has 2 aliphatic carbocycles. The second-order valence-electron chi connectivity index (χ2n) is 7.27. The topological polar surface area (TPSA) is 81.7 Å². The predicted molar refractivity (Wildman–Crippen MR) is 89.1 cm³/mol. The maximum atomic E-state index is 12.8. The summed E-state index contributed by atoms with van der Waals surface area (Å²) >= 11 is 5.82. The number of nitrogens with one attached hydrogen (secondary N) is 1. The highest BCUT2D eigenvalue weighted by molar-refractivity contribution is 6.33. The molecule has 1 amide bonds. The third-order valence-electron chi connectivity index (χ3n) is 5.67. The molecular weight excluding hydrogens is 403 g/mol. The molecule has 1 aromatic rings. The number of alkyl halides is 3. The summed E-state index contributed by atoms with van der Waals surface area (Å²) < 4.78 is 48.6. The number of halogens is 4. The fourth-order valence-corrected chi connectivity index (χ4v) is 4.71. The molecule has 2 saturated carbocycles. The maximum absolute atomic E-state index is 12.8. The molecule has 10 heteroatoms. The van der Waals surface area contributed by atoms with E-state index in [1.807, 2.05) is 0 Å². The van der Waals surface area contributed by atoms with Crippen LogP contribution in [0.15, 0.2) is 18.2 Å². The van der Waals surface area contributed by atoms with Gasteiger partial charge < -0.3 is 14.8 Å². The molecule has 28 heavy (non-hydrogen) atoms. The van der Waals surface area contributed by atoms with Crippen LogP contribution in [0.3, 0.4) is 0 Å². The molecule has 6 nitrogen and oxygen atoms in total. The number of carbonyl (C=O) groups excluding carboxylic acids is 3. The standard InChI is InChI=1S/C18H15ClF3NO5/c19-10-2-1-8(18(20,21)22)5-11(10)23-13(24)6-27-16(25)14-7-3-9-12(4-7)28-17(26)15(9)14/h1-2,5,7,9,12,14-15H,3-4,6H2,(H,23,24). The Labute approximate surface area is 162 Å². The highest BCUT2D eigenvalue weighted by Crippen LogP contribution is 2.57. The Bertz CT molecular complexity index is 856. The lowest BCUT2D eigenvalue weighted by Crippen LogP contribution is -2.35. The predicted octanol–water partition coefficient (Wildman–Crippen LogP) is 3.04. The minimum Gasteiger partial charge on any atom is -0.462 e. The number of hydrogen-bond donors (Lipinski definition) is 1.